The van der Waals surface area contributed by atoms with Crippen molar-refractivity contribution in [2.24, 2.45) is 0 Å². The highest BCUT2D eigenvalue weighted by atomic mass is 35.5. The highest BCUT2D eigenvalue weighted by Gasteiger charge is 2.29. The number of benzene rings is 2. The van der Waals surface area contributed by atoms with Gasteiger partial charge in [0.2, 0.25) is 15.9 Å². The van der Waals surface area contributed by atoms with Gasteiger partial charge in [-0.15, -0.1) is 0 Å². The van der Waals surface area contributed by atoms with Gasteiger partial charge in [-0.25, -0.2) is 8.42 Å². The molecule has 0 saturated carbocycles. The van der Waals surface area contributed by atoms with E-state index in [1.807, 2.05) is 24.3 Å². The molecule has 0 aliphatic carbocycles. The van der Waals surface area contributed by atoms with Crippen molar-refractivity contribution in [3.63, 3.8) is 0 Å². The monoisotopic (exact) mass is 422 g/mol. The lowest BCUT2D eigenvalue weighted by molar-refractivity contribution is -0.132. The van der Waals surface area contributed by atoms with Crippen molar-refractivity contribution in [2.75, 3.05) is 33.3 Å². The standard InChI is InChI=1S/C20H23ClN2O4S/c1-27-19-5-3-2-4-16(19)6-11-20(24)22-12-14-23(15-13-22)28(25,26)18-9-7-17(21)8-10-18/h2-5,7-10H,6,11-15H2,1H3. The molecule has 0 spiro atoms. The van der Waals surface area contributed by atoms with Crippen molar-refractivity contribution < 1.29 is 17.9 Å². The van der Waals surface area contributed by atoms with Crippen LogP contribution >= 0.6 is 11.6 Å². The molecular weight excluding hydrogens is 400 g/mol. The Morgan fingerprint density at radius 2 is 1.68 bits per heavy atom. The van der Waals surface area contributed by atoms with Gasteiger partial charge in [-0.3, -0.25) is 4.79 Å². The minimum atomic E-state index is -3.57. The van der Waals surface area contributed by atoms with Crippen molar-refractivity contribution in [1.82, 2.24) is 9.21 Å². The van der Waals surface area contributed by atoms with E-state index in [1.165, 1.54) is 16.4 Å². The number of ether oxygens (including phenoxy) is 1. The molecule has 1 aliphatic rings. The molecule has 1 amide bonds. The first-order valence-corrected chi connectivity index (χ1v) is 10.9. The number of nitrogens with zero attached hydrogens (tertiary/aromatic N) is 2. The number of rotatable bonds is 6. The van der Waals surface area contributed by atoms with E-state index in [0.29, 0.717) is 31.0 Å². The Hall–Kier alpha value is -2.09. The van der Waals surface area contributed by atoms with E-state index in [1.54, 1.807) is 24.1 Å². The number of halogens is 1. The number of carbonyl (C=O) groups is 1. The van der Waals surface area contributed by atoms with E-state index >= 15 is 0 Å². The van der Waals surface area contributed by atoms with Crippen LogP contribution < -0.4 is 4.74 Å². The first-order chi connectivity index (χ1) is 13.4. The number of sulfonamides is 1. The third kappa shape index (κ3) is 4.66. The number of hydrogen-bond donors (Lipinski definition) is 0. The van der Waals surface area contributed by atoms with Gasteiger partial charge < -0.3 is 9.64 Å². The summed E-state index contributed by atoms with van der Waals surface area (Å²) in [6.45, 7) is 1.34. The molecule has 2 aromatic carbocycles. The van der Waals surface area contributed by atoms with Crippen molar-refractivity contribution in [2.45, 2.75) is 17.7 Å². The fourth-order valence-corrected chi connectivity index (χ4v) is 4.79. The summed E-state index contributed by atoms with van der Waals surface area (Å²) in [6, 6.07) is 13.8. The molecule has 0 atom stereocenters. The zero-order valence-electron chi connectivity index (χ0n) is 15.7. The molecule has 0 unspecified atom stereocenters. The highest BCUT2D eigenvalue weighted by Crippen LogP contribution is 2.21. The minimum Gasteiger partial charge on any atom is -0.496 e. The SMILES string of the molecule is COc1ccccc1CCC(=O)N1CCN(S(=O)(=O)c2ccc(Cl)cc2)CC1. The van der Waals surface area contributed by atoms with E-state index in [0.717, 1.165) is 11.3 Å². The quantitative estimate of drug-likeness (QED) is 0.717. The summed E-state index contributed by atoms with van der Waals surface area (Å²) in [5, 5.41) is 0.490. The van der Waals surface area contributed by atoms with Crippen LogP contribution in [-0.2, 0) is 21.2 Å². The number of methoxy groups -OCH3 is 1. The third-order valence-electron chi connectivity index (χ3n) is 4.84. The van der Waals surface area contributed by atoms with Gasteiger partial charge in [0.25, 0.3) is 0 Å². The fourth-order valence-electron chi connectivity index (χ4n) is 3.24. The van der Waals surface area contributed by atoms with Crippen LogP contribution in [0, 0.1) is 0 Å². The number of carbonyl (C=O) groups excluding carboxylic acids is 1. The normalized spacial score (nSPS) is 15.4. The smallest absolute Gasteiger partial charge is 0.243 e. The zero-order valence-corrected chi connectivity index (χ0v) is 17.2. The lowest BCUT2D eigenvalue weighted by Crippen LogP contribution is -2.50. The number of piperazine rings is 1. The molecule has 0 bridgehead atoms. The number of amides is 1. The maximum Gasteiger partial charge on any atom is 0.243 e. The summed E-state index contributed by atoms with van der Waals surface area (Å²) < 4.78 is 32.2. The van der Waals surface area contributed by atoms with Crippen LogP contribution in [-0.4, -0.2) is 56.8 Å². The maximum atomic E-state index is 12.7. The Bertz CT molecular complexity index is 923. The van der Waals surface area contributed by atoms with Gasteiger partial charge in [0, 0.05) is 37.6 Å². The van der Waals surface area contributed by atoms with Crippen molar-refractivity contribution >= 4 is 27.5 Å². The topological polar surface area (TPSA) is 66.9 Å². The number of aryl methyl sites for hydroxylation is 1. The molecular formula is C20H23ClN2O4S. The Balaban J connectivity index is 1.56. The molecule has 2 aromatic rings. The van der Waals surface area contributed by atoms with E-state index in [-0.39, 0.29) is 23.9 Å². The molecule has 1 saturated heterocycles. The van der Waals surface area contributed by atoms with E-state index in [4.69, 9.17) is 16.3 Å². The molecule has 8 heteroatoms. The second-order valence-electron chi connectivity index (χ2n) is 6.55. The molecule has 0 N–H and O–H groups in total. The Labute approximate surface area is 170 Å². The van der Waals surface area contributed by atoms with E-state index < -0.39 is 10.0 Å². The third-order valence-corrected chi connectivity index (χ3v) is 7.01. The van der Waals surface area contributed by atoms with Crippen LogP contribution in [0.5, 0.6) is 5.75 Å². The second-order valence-corrected chi connectivity index (χ2v) is 8.93. The molecule has 1 aliphatic heterocycles. The minimum absolute atomic E-state index is 0.0226. The number of para-hydroxylation sites is 1. The van der Waals surface area contributed by atoms with Gasteiger partial charge in [-0.2, -0.15) is 4.31 Å². The van der Waals surface area contributed by atoms with Crippen molar-refractivity contribution in [3.05, 3.63) is 59.1 Å². The Morgan fingerprint density at radius 1 is 1.04 bits per heavy atom. The van der Waals surface area contributed by atoms with Crippen LogP contribution in [0.4, 0.5) is 0 Å². The van der Waals surface area contributed by atoms with Crippen LogP contribution in [0.2, 0.25) is 5.02 Å². The summed E-state index contributed by atoms with van der Waals surface area (Å²) in [4.78, 5) is 14.5. The predicted molar refractivity (Wildman–Crippen MR) is 108 cm³/mol. The summed E-state index contributed by atoms with van der Waals surface area (Å²) in [6.07, 6.45) is 0.955. The molecule has 28 heavy (non-hydrogen) atoms. The molecule has 3 rings (SSSR count). The largest absolute Gasteiger partial charge is 0.496 e. The Morgan fingerprint density at radius 3 is 2.32 bits per heavy atom. The molecule has 0 aromatic heterocycles. The lowest BCUT2D eigenvalue weighted by atomic mass is 10.1. The van der Waals surface area contributed by atoms with Gasteiger partial charge >= 0.3 is 0 Å². The molecule has 150 valence electrons. The van der Waals surface area contributed by atoms with Gasteiger partial charge in [0.15, 0.2) is 0 Å². The van der Waals surface area contributed by atoms with Crippen LogP contribution in [0.25, 0.3) is 0 Å². The average Bonchev–Trinajstić information content (AvgIpc) is 2.72. The van der Waals surface area contributed by atoms with Gasteiger partial charge in [-0.1, -0.05) is 29.8 Å². The first-order valence-electron chi connectivity index (χ1n) is 9.07. The fraction of sp³-hybridized carbons (Fsp3) is 0.350. The van der Waals surface area contributed by atoms with Crippen LogP contribution in [0.15, 0.2) is 53.4 Å². The predicted octanol–water partition coefficient (Wildman–Crippen LogP) is 2.81. The molecule has 0 radical (unpaired) electrons. The molecule has 1 heterocycles. The first kappa shape index (κ1) is 20.6. The van der Waals surface area contributed by atoms with Crippen LogP contribution in [0.3, 0.4) is 0 Å². The maximum absolute atomic E-state index is 12.7. The lowest BCUT2D eigenvalue weighted by Gasteiger charge is -2.34. The zero-order chi connectivity index (χ0) is 20.1. The van der Waals surface area contributed by atoms with Gasteiger partial charge in [0.1, 0.15) is 5.75 Å². The van der Waals surface area contributed by atoms with Crippen molar-refractivity contribution in [3.8, 4) is 5.75 Å². The summed E-state index contributed by atoms with van der Waals surface area (Å²) in [5.74, 6) is 0.795. The summed E-state index contributed by atoms with van der Waals surface area (Å²) in [5.41, 5.74) is 0.988. The summed E-state index contributed by atoms with van der Waals surface area (Å²) in [7, 11) is -1.96. The Kier molecular flexibility index (Phi) is 6.59. The molecule has 6 nitrogen and oxygen atoms in total. The second kappa shape index (κ2) is 8.94. The van der Waals surface area contributed by atoms with Gasteiger partial charge in [-0.05, 0) is 42.3 Å². The van der Waals surface area contributed by atoms with E-state index in [9.17, 15) is 13.2 Å². The molecule has 1 fully saturated rings. The number of hydrogen-bond acceptors (Lipinski definition) is 4. The van der Waals surface area contributed by atoms with E-state index in [2.05, 4.69) is 0 Å². The van der Waals surface area contributed by atoms with Crippen LogP contribution in [0.1, 0.15) is 12.0 Å². The summed E-state index contributed by atoms with van der Waals surface area (Å²) >= 11 is 5.83. The average molecular weight is 423 g/mol. The van der Waals surface area contributed by atoms with Gasteiger partial charge in [0.05, 0.1) is 12.0 Å². The highest BCUT2D eigenvalue weighted by molar-refractivity contribution is 7.89. The van der Waals surface area contributed by atoms with Crippen molar-refractivity contribution in [1.29, 1.82) is 0 Å².